The first-order chi connectivity index (χ1) is 9.81. The summed E-state index contributed by atoms with van der Waals surface area (Å²) in [6.07, 6.45) is 0. The molecule has 0 spiro atoms. The minimum atomic E-state index is -3.99. The third-order valence-corrected chi connectivity index (χ3v) is 4.70. The minimum Gasteiger partial charge on any atom is -0.399 e. The second-order valence-corrected chi connectivity index (χ2v) is 6.59. The number of aryl methyl sites for hydroxylation is 1. The van der Waals surface area contributed by atoms with Crippen molar-refractivity contribution in [2.24, 2.45) is 0 Å². The second-order valence-electron chi connectivity index (χ2n) is 4.90. The lowest BCUT2D eigenvalue weighted by atomic mass is 10.1. The number of anilines is 1. The van der Waals surface area contributed by atoms with Crippen molar-refractivity contribution in [2.45, 2.75) is 24.8 Å². The smallest absolute Gasteiger partial charge is 0.244 e. The van der Waals surface area contributed by atoms with Gasteiger partial charge in [-0.15, -0.1) is 0 Å². The molecule has 0 fully saturated rings. The van der Waals surface area contributed by atoms with Crippen LogP contribution in [0.3, 0.4) is 0 Å². The average Bonchev–Trinajstić information content (AvgIpc) is 2.43. The SMILES string of the molecule is Cc1cc(N)cc(S(=O)(=O)NC(C)c2ccccc2)c1F. The fourth-order valence-electron chi connectivity index (χ4n) is 2.07. The van der Waals surface area contributed by atoms with Gasteiger partial charge in [0.2, 0.25) is 10.0 Å². The van der Waals surface area contributed by atoms with Crippen LogP contribution in [0.5, 0.6) is 0 Å². The molecule has 0 aliphatic rings. The summed E-state index contributed by atoms with van der Waals surface area (Å²) in [7, 11) is -3.99. The molecule has 21 heavy (non-hydrogen) atoms. The molecule has 0 aromatic heterocycles. The normalized spacial score (nSPS) is 13.1. The molecule has 2 aromatic carbocycles. The van der Waals surface area contributed by atoms with E-state index in [0.29, 0.717) is 0 Å². The van der Waals surface area contributed by atoms with Crippen LogP contribution in [-0.4, -0.2) is 8.42 Å². The van der Waals surface area contributed by atoms with E-state index in [1.807, 2.05) is 18.2 Å². The zero-order valence-electron chi connectivity index (χ0n) is 11.8. The summed E-state index contributed by atoms with van der Waals surface area (Å²) in [6, 6.07) is 11.1. The van der Waals surface area contributed by atoms with Crippen molar-refractivity contribution in [3.05, 3.63) is 59.4 Å². The van der Waals surface area contributed by atoms with Gasteiger partial charge in [-0.25, -0.2) is 17.5 Å². The summed E-state index contributed by atoms with van der Waals surface area (Å²) in [4.78, 5) is -0.428. The second kappa shape index (κ2) is 5.83. The zero-order valence-corrected chi connectivity index (χ0v) is 12.6. The Morgan fingerprint density at radius 3 is 2.43 bits per heavy atom. The van der Waals surface area contributed by atoms with E-state index in [1.165, 1.54) is 13.0 Å². The highest BCUT2D eigenvalue weighted by molar-refractivity contribution is 7.89. The first kappa shape index (κ1) is 15.5. The van der Waals surface area contributed by atoms with Gasteiger partial charge < -0.3 is 5.73 Å². The number of hydrogen-bond donors (Lipinski definition) is 2. The standard InChI is InChI=1S/C15H17FN2O2S/c1-10-8-13(17)9-14(15(10)16)21(19,20)18-11(2)12-6-4-3-5-7-12/h3-9,11,18H,17H2,1-2H3. The number of hydrogen-bond acceptors (Lipinski definition) is 3. The molecule has 1 atom stereocenters. The highest BCUT2D eigenvalue weighted by Gasteiger charge is 2.23. The van der Waals surface area contributed by atoms with E-state index in [2.05, 4.69) is 4.72 Å². The van der Waals surface area contributed by atoms with E-state index >= 15 is 0 Å². The summed E-state index contributed by atoms with van der Waals surface area (Å²) >= 11 is 0. The highest BCUT2D eigenvalue weighted by Crippen LogP contribution is 2.23. The van der Waals surface area contributed by atoms with Gasteiger partial charge in [0.05, 0.1) is 0 Å². The predicted octanol–water partition coefficient (Wildman–Crippen LogP) is 2.76. The van der Waals surface area contributed by atoms with E-state index in [-0.39, 0.29) is 11.3 Å². The van der Waals surface area contributed by atoms with E-state index in [0.717, 1.165) is 11.6 Å². The third-order valence-electron chi connectivity index (χ3n) is 3.16. The Labute approximate surface area is 123 Å². The lowest BCUT2D eigenvalue weighted by Crippen LogP contribution is -2.28. The third kappa shape index (κ3) is 3.40. The van der Waals surface area contributed by atoms with Gasteiger partial charge in [-0.05, 0) is 37.1 Å². The molecule has 0 saturated heterocycles. The van der Waals surface area contributed by atoms with Crippen LogP contribution in [0.1, 0.15) is 24.1 Å². The van der Waals surface area contributed by atoms with Crippen molar-refractivity contribution in [3.8, 4) is 0 Å². The molecule has 3 N–H and O–H groups in total. The maximum atomic E-state index is 14.1. The molecular formula is C15H17FN2O2S. The molecule has 0 saturated carbocycles. The van der Waals surface area contributed by atoms with E-state index in [4.69, 9.17) is 5.73 Å². The van der Waals surface area contributed by atoms with Crippen LogP contribution >= 0.6 is 0 Å². The molecule has 4 nitrogen and oxygen atoms in total. The van der Waals surface area contributed by atoms with Crippen molar-refractivity contribution in [2.75, 3.05) is 5.73 Å². The lowest BCUT2D eigenvalue weighted by molar-refractivity contribution is 0.544. The molecule has 2 aromatic rings. The van der Waals surface area contributed by atoms with Crippen LogP contribution < -0.4 is 10.5 Å². The number of benzene rings is 2. The van der Waals surface area contributed by atoms with Crippen LogP contribution in [-0.2, 0) is 10.0 Å². The van der Waals surface area contributed by atoms with Crippen LogP contribution in [0.25, 0.3) is 0 Å². The number of nitrogens with one attached hydrogen (secondary N) is 1. The summed E-state index contributed by atoms with van der Waals surface area (Å²) in [6.45, 7) is 3.18. The van der Waals surface area contributed by atoms with Gasteiger partial charge in [-0.3, -0.25) is 0 Å². The zero-order chi connectivity index (χ0) is 15.6. The molecule has 0 radical (unpaired) electrons. The monoisotopic (exact) mass is 308 g/mol. The average molecular weight is 308 g/mol. The van der Waals surface area contributed by atoms with Gasteiger partial charge in [0.1, 0.15) is 10.7 Å². The number of halogens is 1. The maximum Gasteiger partial charge on any atom is 0.244 e. The first-order valence-electron chi connectivity index (χ1n) is 6.44. The Balaban J connectivity index is 2.35. The topological polar surface area (TPSA) is 72.2 Å². The summed E-state index contributed by atoms with van der Waals surface area (Å²) in [5.74, 6) is -0.781. The molecule has 0 aliphatic carbocycles. The van der Waals surface area contributed by atoms with Gasteiger partial charge in [0.15, 0.2) is 0 Å². The number of sulfonamides is 1. The first-order valence-corrected chi connectivity index (χ1v) is 7.92. The number of nitrogen functional groups attached to an aromatic ring is 1. The summed E-state index contributed by atoms with van der Waals surface area (Å²) in [5, 5.41) is 0. The largest absolute Gasteiger partial charge is 0.399 e. The molecule has 2 rings (SSSR count). The van der Waals surface area contributed by atoms with E-state index in [1.54, 1.807) is 19.1 Å². The summed E-state index contributed by atoms with van der Waals surface area (Å²) < 4.78 is 41.2. The number of rotatable bonds is 4. The fraction of sp³-hybridized carbons (Fsp3) is 0.200. The van der Waals surface area contributed by atoms with Crippen LogP contribution in [0.2, 0.25) is 0 Å². The Morgan fingerprint density at radius 2 is 1.81 bits per heavy atom. The highest BCUT2D eigenvalue weighted by atomic mass is 32.2. The van der Waals surface area contributed by atoms with Gasteiger partial charge in [0, 0.05) is 11.7 Å². The van der Waals surface area contributed by atoms with Crippen LogP contribution in [0.4, 0.5) is 10.1 Å². The van der Waals surface area contributed by atoms with Gasteiger partial charge >= 0.3 is 0 Å². The van der Waals surface area contributed by atoms with Crippen molar-refractivity contribution < 1.29 is 12.8 Å². The van der Waals surface area contributed by atoms with Crippen LogP contribution in [0.15, 0.2) is 47.4 Å². The van der Waals surface area contributed by atoms with Crippen molar-refractivity contribution >= 4 is 15.7 Å². The maximum absolute atomic E-state index is 14.1. The molecule has 1 unspecified atom stereocenters. The van der Waals surface area contributed by atoms with Gasteiger partial charge in [-0.1, -0.05) is 30.3 Å². The Hall–Kier alpha value is -1.92. The quantitative estimate of drug-likeness (QED) is 0.853. The van der Waals surface area contributed by atoms with Crippen molar-refractivity contribution in [1.82, 2.24) is 4.72 Å². The lowest BCUT2D eigenvalue weighted by Gasteiger charge is -2.16. The Kier molecular flexibility index (Phi) is 4.29. The fourth-order valence-corrected chi connectivity index (χ4v) is 3.48. The molecule has 0 heterocycles. The van der Waals surface area contributed by atoms with Crippen molar-refractivity contribution in [3.63, 3.8) is 0 Å². The van der Waals surface area contributed by atoms with Crippen molar-refractivity contribution in [1.29, 1.82) is 0 Å². The van der Waals surface area contributed by atoms with Gasteiger partial charge in [-0.2, -0.15) is 0 Å². The van der Waals surface area contributed by atoms with Gasteiger partial charge in [0.25, 0.3) is 0 Å². The minimum absolute atomic E-state index is 0.197. The Morgan fingerprint density at radius 1 is 1.19 bits per heavy atom. The molecule has 112 valence electrons. The molecule has 0 amide bonds. The summed E-state index contributed by atoms with van der Waals surface area (Å²) in [5.41, 5.74) is 6.81. The Bertz CT molecular complexity index is 746. The van der Waals surface area contributed by atoms with E-state index in [9.17, 15) is 12.8 Å². The van der Waals surface area contributed by atoms with Crippen LogP contribution in [0, 0.1) is 12.7 Å². The molecule has 0 aliphatic heterocycles. The van der Waals surface area contributed by atoms with E-state index < -0.39 is 26.8 Å². The number of nitrogens with two attached hydrogens (primary N) is 1. The molecule has 0 bridgehead atoms. The molecular weight excluding hydrogens is 291 g/mol. The predicted molar refractivity (Wildman–Crippen MR) is 80.7 cm³/mol. The molecule has 6 heteroatoms.